The van der Waals surface area contributed by atoms with E-state index in [0.29, 0.717) is 19.1 Å². The standard InChI is InChI=1S/C8H17F3N2O/c1-7(2)12-4-5-13(3)6-14-8(9,10)11/h7,12H,4-6H2,1-3H3. The van der Waals surface area contributed by atoms with Gasteiger partial charge in [-0.2, -0.15) is 0 Å². The van der Waals surface area contributed by atoms with Crippen molar-refractivity contribution in [3.05, 3.63) is 0 Å². The molecule has 0 aromatic heterocycles. The highest BCUT2D eigenvalue weighted by molar-refractivity contribution is 4.55. The van der Waals surface area contributed by atoms with Gasteiger partial charge in [0.05, 0.1) is 0 Å². The Kier molecular flexibility index (Phi) is 6.06. The molecule has 0 aromatic carbocycles. The SMILES string of the molecule is CC(C)NCCN(C)COC(F)(F)F. The van der Waals surface area contributed by atoms with Crippen molar-refractivity contribution in [3.8, 4) is 0 Å². The Morgan fingerprint density at radius 2 is 1.93 bits per heavy atom. The zero-order chi connectivity index (χ0) is 11.2. The lowest BCUT2D eigenvalue weighted by atomic mass is 10.4. The van der Waals surface area contributed by atoms with E-state index in [1.165, 1.54) is 4.90 Å². The van der Waals surface area contributed by atoms with Crippen LogP contribution in [-0.4, -0.2) is 44.2 Å². The Morgan fingerprint density at radius 3 is 2.36 bits per heavy atom. The summed E-state index contributed by atoms with van der Waals surface area (Å²) >= 11 is 0. The minimum atomic E-state index is -4.54. The zero-order valence-electron chi connectivity index (χ0n) is 8.69. The zero-order valence-corrected chi connectivity index (χ0v) is 8.69. The lowest BCUT2D eigenvalue weighted by Crippen LogP contribution is -2.35. The van der Waals surface area contributed by atoms with Crippen LogP contribution in [0.3, 0.4) is 0 Å². The number of ether oxygens (including phenoxy) is 1. The average molecular weight is 214 g/mol. The van der Waals surface area contributed by atoms with Gasteiger partial charge >= 0.3 is 6.36 Å². The van der Waals surface area contributed by atoms with E-state index in [-0.39, 0.29) is 0 Å². The normalized spacial score (nSPS) is 12.9. The molecule has 0 aliphatic heterocycles. The Bertz CT molecular complexity index is 150. The maximum Gasteiger partial charge on any atom is 0.523 e. The van der Waals surface area contributed by atoms with Gasteiger partial charge in [0, 0.05) is 19.1 Å². The van der Waals surface area contributed by atoms with E-state index < -0.39 is 13.1 Å². The number of halogens is 3. The minimum absolute atomic E-state index is 0.340. The predicted octanol–water partition coefficient (Wildman–Crippen LogP) is 1.41. The third kappa shape index (κ3) is 9.76. The van der Waals surface area contributed by atoms with Crippen LogP contribution >= 0.6 is 0 Å². The van der Waals surface area contributed by atoms with Crippen molar-refractivity contribution in [1.82, 2.24) is 10.2 Å². The van der Waals surface area contributed by atoms with Crippen LogP contribution in [-0.2, 0) is 4.74 Å². The molecule has 3 nitrogen and oxygen atoms in total. The molecule has 0 saturated carbocycles. The summed E-state index contributed by atoms with van der Waals surface area (Å²) in [6.45, 7) is 4.70. The smallest absolute Gasteiger partial charge is 0.313 e. The topological polar surface area (TPSA) is 24.5 Å². The van der Waals surface area contributed by atoms with Crippen molar-refractivity contribution in [3.63, 3.8) is 0 Å². The fourth-order valence-corrected chi connectivity index (χ4v) is 0.792. The summed E-state index contributed by atoms with van der Waals surface area (Å²) in [5, 5.41) is 3.10. The predicted molar refractivity (Wildman–Crippen MR) is 47.8 cm³/mol. The van der Waals surface area contributed by atoms with Gasteiger partial charge in [0.15, 0.2) is 0 Å². The lowest BCUT2D eigenvalue weighted by Gasteiger charge is -2.18. The Hall–Kier alpha value is -0.330. The molecule has 0 aliphatic rings. The number of nitrogens with zero attached hydrogens (tertiary/aromatic N) is 1. The van der Waals surface area contributed by atoms with E-state index in [9.17, 15) is 13.2 Å². The highest BCUT2D eigenvalue weighted by Gasteiger charge is 2.29. The maximum absolute atomic E-state index is 11.6. The first-order valence-electron chi connectivity index (χ1n) is 4.44. The minimum Gasteiger partial charge on any atom is -0.313 e. The first-order chi connectivity index (χ1) is 6.31. The lowest BCUT2D eigenvalue weighted by molar-refractivity contribution is -0.335. The maximum atomic E-state index is 11.6. The van der Waals surface area contributed by atoms with Gasteiger partial charge in [-0.25, -0.2) is 0 Å². The first-order valence-corrected chi connectivity index (χ1v) is 4.44. The molecule has 0 amide bonds. The highest BCUT2D eigenvalue weighted by atomic mass is 19.4. The van der Waals surface area contributed by atoms with Gasteiger partial charge in [-0.05, 0) is 7.05 Å². The van der Waals surface area contributed by atoms with E-state index in [4.69, 9.17) is 0 Å². The molecule has 0 aliphatic carbocycles. The molecule has 0 unspecified atom stereocenters. The molecule has 0 fully saturated rings. The van der Waals surface area contributed by atoms with Crippen molar-refractivity contribution < 1.29 is 17.9 Å². The largest absolute Gasteiger partial charge is 0.523 e. The van der Waals surface area contributed by atoms with Gasteiger partial charge in [-0.3, -0.25) is 9.64 Å². The summed E-state index contributed by atoms with van der Waals surface area (Å²) in [6, 6.07) is 0.340. The fourth-order valence-electron chi connectivity index (χ4n) is 0.792. The highest BCUT2D eigenvalue weighted by Crippen LogP contribution is 2.15. The Labute approximate surface area is 82.2 Å². The van der Waals surface area contributed by atoms with Crippen LogP contribution in [0.4, 0.5) is 13.2 Å². The second-order valence-electron chi connectivity index (χ2n) is 3.41. The van der Waals surface area contributed by atoms with Gasteiger partial charge in [0.2, 0.25) is 0 Å². The van der Waals surface area contributed by atoms with Crippen molar-refractivity contribution in [1.29, 1.82) is 0 Å². The quantitative estimate of drug-likeness (QED) is 0.676. The molecule has 0 radical (unpaired) electrons. The number of alkyl halides is 3. The van der Waals surface area contributed by atoms with Crippen LogP contribution in [0.1, 0.15) is 13.8 Å². The van der Waals surface area contributed by atoms with Crippen LogP contribution in [0, 0.1) is 0 Å². The molecule has 6 heteroatoms. The monoisotopic (exact) mass is 214 g/mol. The number of hydrogen-bond donors (Lipinski definition) is 1. The summed E-state index contributed by atoms with van der Waals surface area (Å²) < 4.78 is 38.5. The molecule has 0 saturated heterocycles. The average Bonchev–Trinajstić information content (AvgIpc) is 1.99. The van der Waals surface area contributed by atoms with Gasteiger partial charge in [-0.15, -0.1) is 13.2 Å². The van der Waals surface area contributed by atoms with Crippen LogP contribution in [0.15, 0.2) is 0 Å². The molecule has 0 heterocycles. The van der Waals surface area contributed by atoms with Crippen LogP contribution in [0.2, 0.25) is 0 Å². The number of hydrogen-bond acceptors (Lipinski definition) is 3. The van der Waals surface area contributed by atoms with Gasteiger partial charge in [0.1, 0.15) is 6.73 Å². The van der Waals surface area contributed by atoms with Crippen LogP contribution < -0.4 is 5.32 Å². The molecule has 1 N–H and O–H groups in total. The molecule has 0 aromatic rings. The molecular weight excluding hydrogens is 197 g/mol. The van der Waals surface area contributed by atoms with Crippen LogP contribution in [0.25, 0.3) is 0 Å². The number of likely N-dealkylation sites (N-methyl/N-ethyl adjacent to an activating group) is 1. The molecule has 86 valence electrons. The van der Waals surface area contributed by atoms with E-state index in [2.05, 4.69) is 10.1 Å². The Morgan fingerprint density at radius 1 is 1.36 bits per heavy atom. The fraction of sp³-hybridized carbons (Fsp3) is 1.00. The van der Waals surface area contributed by atoms with Crippen molar-refractivity contribution >= 4 is 0 Å². The molecule has 0 spiro atoms. The molecular formula is C8H17F3N2O. The molecule has 14 heavy (non-hydrogen) atoms. The molecule has 0 rings (SSSR count). The van der Waals surface area contributed by atoms with E-state index in [0.717, 1.165) is 0 Å². The first kappa shape index (κ1) is 13.7. The number of nitrogens with one attached hydrogen (secondary N) is 1. The summed E-state index contributed by atoms with van der Waals surface area (Å²) in [4.78, 5) is 1.46. The third-order valence-electron chi connectivity index (χ3n) is 1.49. The number of rotatable bonds is 6. The van der Waals surface area contributed by atoms with Crippen molar-refractivity contribution in [2.24, 2.45) is 0 Å². The van der Waals surface area contributed by atoms with E-state index in [1.807, 2.05) is 13.8 Å². The van der Waals surface area contributed by atoms with Gasteiger partial charge in [0.25, 0.3) is 0 Å². The second kappa shape index (κ2) is 6.21. The summed E-state index contributed by atoms with van der Waals surface area (Å²) in [7, 11) is 1.58. The summed E-state index contributed by atoms with van der Waals surface area (Å²) in [5.41, 5.74) is 0. The molecule has 0 bridgehead atoms. The van der Waals surface area contributed by atoms with E-state index in [1.54, 1.807) is 7.05 Å². The third-order valence-corrected chi connectivity index (χ3v) is 1.49. The summed E-state index contributed by atoms with van der Waals surface area (Å²) in [5.74, 6) is 0. The van der Waals surface area contributed by atoms with Crippen molar-refractivity contribution in [2.45, 2.75) is 26.3 Å². The molecule has 0 atom stereocenters. The van der Waals surface area contributed by atoms with E-state index >= 15 is 0 Å². The van der Waals surface area contributed by atoms with Crippen molar-refractivity contribution in [2.75, 3.05) is 26.9 Å². The second-order valence-corrected chi connectivity index (χ2v) is 3.41. The van der Waals surface area contributed by atoms with Crippen LogP contribution in [0.5, 0.6) is 0 Å². The Balaban J connectivity index is 3.42. The van der Waals surface area contributed by atoms with Gasteiger partial charge in [-0.1, -0.05) is 13.8 Å². The van der Waals surface area contributed by atoms with Gasteiger partial charge < -0.3 is 5.32 Å². The summed E-state index contributed by atoms with van der Waals surface area (Å²) in [6.07, 6.45) is -4.54.